The number of carbonyl (C=O) groups excluding carboxylic acids is 7. The van der Waals surface area contributed by atoms with Crippen molar-refractivity contribution in [2.75, 3.05) is 13.1 Å². The number of nitrogens with one attached hydrogen (secondary N) is 6. The number of hydrogen-bond acceptors (Lipinski definition) is 13. The van der Waals surface area contributed by atoms with Gasteiger partial charge in [0.1, 0.15) is 30.0 Å². The van der Waals surface area contributed by atoms with Crippen molar-refractivity contribution < 1.29 is 38.7 Å². The topological polar surface area (TPSA) is 302 Å². The molecule has 2 aliphatic heterocycles. The van der Waals surface area contributed by atoms with Crippen molar-refractivity contribution >= 4 is 74.9 Å². The van der Waals surface area contributed by atoms with Gasteiger partial charge in [-0.25, -0.2) is 4.68 Å². The molecule has 0 radical (unpaired) electrons. The number of thiophene rings is 2. The highest BCUT2D eigenvalue weighted by molar-refractivity contribution is 7.23. The maximum atomic E-state index is 15.1. The van der Waals surface area contributed by atoms with E-state index in [0.717, 1.165) is 31.1 Å². The summed E-state index contributed by atoms with van der Waals surface area (Å²) in [5.41, 5.74) is 13.5. The Balaban J connectivity index is 1.24. The number of nitrogens with two attached hydrogens (primary N) is 2. The molecule has 2 saturated heterocycles. The average molecular weight is 971 g/mol. The lowest BCUT2D eigenvalue weighted by Gasteiger charge is -2.33. The van der Waals surface area contributed by atoms with Crippen LogP contribution in [0.15, 0.2) is 66.3 Å². The molecule has 0 bridgehead atoms. The molecule has 0 saturated carbocycles. The predicted molar refractivity (Wildman–Crippen MR) is 255 cm³/mol. The molecule has 4 aromatic heterocycles. The van der Waals surface area contributed by atoms with Gasteiger partial charge in [0, 0.05) is 59.2 Å². The van der Waals surface area contributed by atoms with Crippen molar-refractivity contribution in [2.45, 2.75) is 114 Å². The van der Waals surface area contributed by atoms with E-state index in [1.54, 1.807) is 46.7 Å². The first-order valence-corrected chi connectivity index (χ1v) is 24.5. The number of benzene rings is 1. The highest BCUT2D eigenvalue weighted by atomic mass is 32.1. The Bertz CT molecular complexity index is 2590. The number of fused-ring (bicyclic) bond motifs is 2. The van der Waals surface area contributed by atoms with Crippen molar-refractivity contribution in [1.29, 1.82) is 0 Å². The third kappa shape index (κ3) is 12.1. The summed E-state index contributed by atoms with van der Waals surface area (Å²) in [5.74, 6) is -5.37. The van der Waals surface area contributed by atoms with Gasteiger partial charge >= 0.3 is 0 Å². The van der Waals surface area contributed by atoms with E-state index in [1.165, 1.54) is 4.90 Å². The smallest absolute Gasteiger partial charge is 0.246 e. The molecule has 2 fully saturated rings. The Morgan fingerprint density at radius 2 is 1.71 bits per heavy atom. The summed E-state index contributed by atoms with van der Waals surface area (Å²) in [5, 5.41) is 37.6. The van der Waals surface area contributed by atoms with Crippen molar-refractivity contribution in [3.8, 4) is 20.3 Å². The first-order chi connectivity index (χ1) is 32.7. The first-order valence-electron chi connectivity index (χ1n) is 22.8. The van der Waals surface area contributed by atoms with Crippen molar-refractivity contribution in [3.05, 3.63) is 71.9 Å². The van der Waals surface area contributed by atoms with Crippen LogP contribution in [0.1, 0.15) is 76.8 Å². The molecular formula is C46H58N12O8S2. The summed E-state index contributed by atoms with van der Waals surface area (Å²) in [6.07, 6.45) is 2.47. The van der Waals surface area contributed by atoms with E-state index in [2.05, 4.69) is 41.9 Å². The number of H-pyrrole nitrogens is 1. The lowest BCUT2D eigenvalue weighted by Crippen LogP contribution is -2.61. The molecule has 2 aliphatic rings. The van der Waals surface area contributed by atoms with Crippen LogP contribution < -0.4 is 38.1 Å². The summed E-state index contributed by atoms with van der Waals surface area (Å²) >= 11 is 3.18. The zero-order valence-corrected chi connectivity index (χ0v) is 39.4. The van der Waals surface area contributed by atoms with Gasteiger partial charge in [0.05, 0.1) is 35.6 Å². The average Bonchev–Trinajstić information content (AvgIpc) is 4.18. The van der Waals surface area contributed by atoms with Crippen LogP contribution in [0, 0.1) is 5.92 Å². The molecular weight excluding hydrogens is 913 g/mol. The first kappa shape index (κ1) is 49.4. The predicted octanol–water partition coefficient (Wildman–Crippen LogP) is 1.82. The summed E-state index contributed by atoms with van der Waals surface area (Å²) in [7, 11) is 0. The third-order valence-electron chi connectivity index (χ3n) is 12.6. The monoisotopic (exact) mass is 970 g/mol. The SMILES string of the molecule is CC[C@H](C)[C@@H]1NC(=O)[C@H](CC(N)=O)NC(=O)CCC(=O)NCCCC[C@@H](C(N)=O)NC(O)[C@H](Cc2c[nH]c3ccccc23)NC(=O)[C@@H]2C[C@H](n3cc(-c4ccc(-c5cccs5)s4)nn3)CN2C1=O. The Kier molecular flexibility index (Phi) is 16.4. The van der Waals surface area contributed by atoms with Crippen LogP contribution in [-0.4, -0.2) is 121 Å². The molecule has 362 valence electrons. The van der Waals surface area contributed by atoms with Gasteiger partial charge < -0.3 is 47.7 Å². The van der Waals surface area contributed by atoms with Crippen LogP contribution in [0.4, 0.5) is 0 Å². The van der Waals surface area contributed by atoms with Gasteiger partial charge in [0.25, 0.3) is 0 Å². The molecule has 68 heavy (non-hydrogen) atoms. The van der Waals surface area contributed by atoms with Crippen LogP contribution in [0.3, 0.4) is 0 Å². The molecule has 11 N–H and O–H groups in total. The highest BCUT2D eigenvalue weighted by Gasteiger charge is 2.45. The van der Waals surface area contributed by atoms with E-state index in [1.807, 2.05) is 60.8 Å². The minimum Gasteiger partial charge on any atom is -0.376 e. The minimum atomic E-state index is -1.52. The number of para-hydroxylation sites is 1. The van der Waals surface area contributed by atoms with Crippen LogP contribution in [-0.2, 0) is 40.0 Å². The number of amides is 7. The molecule has 22 heteroatoms. The maximum Gasteiger partial charge on any atom is 0.246 e. The second kappa shape index (κ2) is 22.5. The minimum absolute atomic E-state index is 0.0331. The normalized spacial score (nSPS) is 24.7. The van der Waals surface area contributed by atoms with E-state index >= 15 is 4.79 Å². The maximum absolute atomic E-state index is 15.1. The van der Waals surface area contributed by atoms with Gasteiger partial charge in [-0.1, -0.05) is 49.7 Å². The van der Waals surface area contributed by atoms with Crippen molar-refractivity contribution in [2.24, 2.45) is 17.4 Å². The molecule has 1 unspecified atom stereocenters. The largest absolute Gasteiger partial charge is 0.376 e. The fourth-order valence-electron chi connectivity index (χ4n) is 8.59. The number of primary amides is 2. The molecule has 0 spiro atoms. The van der Waals surface area contributed by atoms with Crippen LogP contribution >= 0.6 is 22.7 Å². The Hall–Kier alpha value is -6.49. The highest BCUT2D eigenvalue weighted by Crippen LogP contribution is 2.37. The van der Waals surface area contributed by atoms with Crippen LogP contribution in [0.25, 0.3) is 31.2 Å². The Morgan fingerprint density at radius 1 is 0.926 bits per heavy atom. The number of aliphatic hydroxyl groups excluding tert-OH is 1. The van der Waals surface area contributed by atoms with E-state index < -0.39 is 96.2 Å². The standard InChI is InChI=1S/C46H58N12O8S2/c1-3-25(2)41-46(66)57-23-27(58-24-33(55-56-58)35-13-14-37(68-35)36-12-8-18-67-36)20-34(57)45(65)53-31(19-26-22-50-29-10-5-4-9-28(26)29)43(63)52-30(42(48)62)11-6-7-17-49-39(60)15-16-40(61)51-32(21-38(47)59)44(64)54-41/h4-5,8-10,12-14,18,22,24-25,27,30-32,34,41,43,50,52,63H,3,6-7,11,15-17,19-21,23H2,1-2H3,(H2,47,59)(H2,48,62)(H,49,60)(H,51,61)(H,53,65)(H,54,64)/t25-,27-,30-,31-,32-,34-,41-,43?/m0/s1. The third-order valence-corrected chi connectivity index (χ3v) is 14.7. The summed E-state index contributed by atoms with van der Waals surface area (Å²) in [6.45, 7) is 3.76. The van der Waals surface area contributed by atoms with Gasteiger partial charge in [-0.15, -0.1) is 27.8 Å². The number of nitrogens with zero attached hydrogens (tertiary/aromatic N) is 4. The molecule has 5 aromatic rings. The number of aromatic nitrogens is 4. The van der Waals surface area contributed by atoms with E-state index in [9.17, 15) is 33.9 Å². The van der Waals surface area contributed by atoms with Gasteiger partial charge in [0.2, 0.25) is 41.4 Å². The Labute approximate surface area is 400 Å². The molecule has 1 aromatic carbocycles. The lowest BCUT2D eigenvalue weighted by atomic mass is 9.96. The van der Waals surface area contributed by atoms with E-state index in [-0.39, 0.29) is 45.2 Å². The molecule has 6 heterocycles. The molecule has 8 atom stereocenters. The van der Waals surface area contributed by atoms with Gasteiger partial charge in [-0.05, 0) is 66.8 Å². The van der Waals surface area contributed by atoms with Crippen molar-refractivity contribution in [1.82, 2.24) is 51.5 Å². The number of aliphatic hydroxyl groups is 1. The Morgan fingerprint density at radius 3 is 2.46 bits per heavy atom. The fraction of sp³-hybridized carbons (Fsp3) is 0.457. The van der Waals surface area contributed by atoms with E-state index in [4.69, 9.17) is 11.5 Å². The molecule has 20 nitrogen and oxygen atoms in total. The molecule has 7 rings (SSSR count). The second-order valence-electron chi connectivity index (χ2n) is 17.4. The number of aromatic amines is 1. The number of carbonyl (C=O) groups is 7. The quantitative estimate of drug-likeness (QED) is 0.0973. The zero-order valence-electron chi connectivity index (χ0n) is 37.8. The fourth-order valence-corrected chi connectivity index (χ4v) is 10.4. The van der Waals surface area contributed by atoms with Gasteiger partial charge in [-0.2, -0.15) is 0 Å². The van der Waals surface area contributed by atoms with Crippen molar-refractivity contribution in [3.63, 3.8) is 0 Å². The lowest BCUT2D eigenvalue weighted by molar-refractivity contribution is -0.143. The number of hydrogen-bond donors (Lipinski definition) is 9. The van der Waals surface area contributed by atoms with E-state index in [0.29, 0.717) is 25.0 Å². The van der Waals surface area contributed by atoms with Gasteiger partial charge in [-0.3, -0.25) is 38.9 Å². The van der Waals surface area contributed by atoms with Crippen LogP contribution in [0.5, 0.6) is 0 Å². The summed E-state index contributed by atoms with van der Waals surface area (Å²) in [6, 6.07) is 8.97. The summed E-state index contributed by atoms with van der Waals surface area (Å²) < 4.78 is 1.62. The zero-order chi connectivity index (χ0) is 48.5. The second-order valence-corrected chi connectivity index (χ2v) is 19.4. The number of rotatable bonds is 10. The summed E-state index contributed by atoms with van der Waals surface area (Å²) in [4.78, 5) is 102. The molecule has 7 amide bonds. The van der Waals surface area contributed by atoms with Gasteiger partial charge in [0.15, 0.2) is 0 Å². The molecule has 0 aliphatic carbocycles. The van der Waals surface area contributed by atoms with Crippen LogP contribution in [0.2, 0.25) is 0 Å².